The van der Waals surface area contributed by atoms with Crippen LogP contribution in [0.2, 0.25) is 0 Å². The normalized spacial score (nSPS) is 9.27. The fourth-order valence-electron chi connectivity index (χ4n) is 1.16. The van der Waals surface area contributed by atoms with Gasteiger partial charge in [0, 0.05) is 4.47 Å². The lowest BCUT2D eigenvalue weighted by Crippen LogP contribution is -1.76. The van der Waals surface area contributed by atoms with E-state index in [0.29, 0.717) is 0 Å². The van der Waals surface area contributed by atoms with Crippen LogP contribution in [0.1, 0.15) is 25.8 Å². The van der Waals surface area contributed by atoms with Crippen molar-refractivity contribution in [1.29, 1.82) is 0 Å². The summed E-state index contributed by atoms with van der Waals surface area (Å²) in [7, 11) is 0. The molecule has 1 rings (SSSR count). The molecule has 0 aliphatic rings. The lowest BCUT2D eigenvalue weighted by molar-refractivity contribution is 1.23. The van der Waals surface area contributed by atoms with Crippen molar-refractivity contribution in [1.82, 2.24) is 0 Å². The first kappa shape index (κ1) is 12.0. The van der Waals surface area contributed by atoms with Crippen LogP contribution >= 0.6 is 15.9 Å². The van der Waals surface area contributed by atoms with E-state index >= 15 is 0 Å². The van der Waals surface area contributed by atoms with Gasteiger partial charge in [-0.1, -0.05) is 40.2 Å². The molecule has 0 fully saturated rings. The molecule has 15 heavy (non-hydrogen) atoms. The summed E-state index contributed by atoms with van der Waals surface area (Å²) in [6, 6.07) is 8.25. The van der Waals surface area contributed by atoms with Crippen molar-refractivity contribution in [2.45, 2.75) is 20.3 Å². The highest BCUT2D eigenvalue weighted by Gasteiger charge is 1.93. The molecule has 0 aliphatic heterocycles. The van der Waals surface area contributed by atoms with Crippen LogP contribution in [0.5, 0.6) is 0 Å². The standard InChI is InChI=1S/C14H15Br/c1-11(2)5-4-6-12(3)13-7-9-14(15)10-8-13/h4,7-10H,1,5H2,2-3H3. The average molecular weight is 263 g/mol. The maximum absolute atomic E-state index is 3.85. The highest BCUT2D eigenvalue weighted by atomic mass is 79.9. The van der Waals surface area contributed by atoms with Crippen LogP contribution < -0.4 is 0 Å². The highest BCUT2D eigenvalue weighted by molar-refractivity contribution is 9.10. The molecule has 0 saturated heterocycles. The van der Waals surface area contributed by atoms with Crippen molar-refractivity contribution >= 4 is 21.5 Å². The van der Waals surface area contributed by atoms with Crippen LogP contribution in [0.3, 0.4) is 0 Å². The molecule has 0 amide bonds. The SMILES string of the molecule is C=C(C)CC=C=C(C)c1ccc(Br)cc1. The van der Waals surface area contributed by atoms with Gasteiger partial charge in [0.1, 0.15) is 0 Å². The Bertz CT molecular complexity index is 403. The Morgan fingerprint density at radius 2 is 1.93 bits per heavy atom. The van der Waals surface area contributed by atoms with E-state index in [2.05, 4.69) is 47.3 Å². The Morgan fingerprint density at radius 3 is 2.47 bits per heavy atom. The minimum absolute atomic E-state index is 0.897. The lowest BCUT2D eigenvalue weighted by atomic mass is 10.1. The van der Waals surface area contributed by atoms with Gasteiger partial charge in [0.15, 0.2) is 0 Å². The van der Waals surface area contributed by atoms with Gasteiger partial charge >= 0.3 is 0 Å². The largest absolute Gasteiger partial charge is 0.121 e. The van der Waals surface area contributed by atoms with Gasteiger partial charge in [0.05, 0.1) is 0 Å². The molecule has 0 heterocycles. The molecule has 1 aromatic rings. The van der Waals surface area contributed by atoms with Crippen LogP contribution in [0.4, 0.5) is 0 Å². The van der Waals surface area contributed by atoms with E-state index < -0.39 is 0 Å². The van der Waals surface area contributed by atoms with Crippen LogP contribution in [-0.2, 0) is 0 Å². The van der Waals surface area contributed by atoms with Crippen LogP contribution in [0.15, 0.2) is 52.7 Å². The Labute approximate surface area is 100 Å². The first-order valence-corrected chi connectivity index (χ1v) is 5.71. The molecule has 0 nitrogen and oxygen atoms in total. The molecule has 0 spiro atoms. The third kappa shape index (κ3) is 4.33. The van der Waals surface area contributed by atoms with Crippen LogP contribution in [0.25, 0.3) is 5.57 Å². The van der Waals surface area contributed by atoms with Gasteiger partial charge in [0.2, 0.25) is 0 Å². The third-order valence-electron chi connectivity index (χ3n) is 2.05. The summed E-state index contributed by atoms with van der Waals surface area (Å²) in [5, 5.41) is 0. The van der Waals surface area contributed by atoms with Gasteiger partial charge in [-0.2, -0.15) is 0 Å². The second-order valence-corrected chi connectivity index (χ2v) is 4.56. The number of allylic oxidation sites excluding steroid dienone is 2. The summed E-state index contributed by atoms with van der Waals surface area (Å²) in [4.78, 5) is 0. The molecule has 0 saturated carbocycles. The second kappa shape index (κ2) is 5.75. The molecular weight excluding hydrogens is 248 g/mol. The van der Waals surface area contributed by atoms with Gasteiger partial charge in [-0.25, -0.2) is 0 Å². The predicted molar refractivity (Wildman–Crippen MR) is 70.7 cm³/mol. The van der Waals surface area contributed by atoms with Crippen LogP contribution in [0, 0.1) is 0 Å². The first-order valence-electron chi connectivity index (χ1n) is 4.91. The minimum atomic E-state index is 0.897. The van der Waals surface area contributed by atoms with Gasteiger partial charge < -0.3 is 0 Å². The van der Waals surface area contributed by atoms with E-state index in [1.807, 2.05) is 25.1 Å². The van der Waals surface area contributed by atoms with Crippen molar-refractivity contribution in [3.05, 3.63) is 58.3 Å². The summed E-state index contributed by atoms with van der Waals surface area (Å²) >= 11 is 3.42. The summed E-state index contributed by atoms with van der Waals surface area (Å²) in [5.41, 5.74) is 6.78. The molecule has 0 atom stereocenters. The van der Waals surface area contributed by atoms with Crippen molar-refractivity contribution in [3.63, 3.8) is 0 Å². The second-order valence-electron chi connectivity index (χ2n) is 3.64. The molecule has 0 N–H and O–H groups in total. The quantitative estimate of drug-likeness (QED) is 0.533. The van der Waals surface area contributed by atoms with Gasteiger partial charge in [-0.15, -0.1) is 5.73 Å². The van der Waals surface area contributed by atoms with Gasteiger partial charge in [0.25, 0.3) is 0 Å². The molecule has 0 bridgehead atoms. The zero-order valence-electron chi connectivity index (χ0n) is 9.18. The maximum Gasteiger partial charge on any atom is 0.0175 e. The summed E-state index contributed by atoms with van der Waals surface area (Å²) in [6.45, 7) is 7.94. The average Bonchev–Trinajstić information content (AvgIpc) is 2.18. The molecule has 0 radical (unpaired) electrons. The Balaban J connectivity index is 2.84. The summed E-state index contributed by atoms with van der Waals surface area (Å²) in [6.07, 6.45) is 2.92. The molecule has 0 aliphatic carbocycles. The van der Waals surface area contributed by atoms with Crippen LogP contribution in [-0.4, -0.2) is 0 Å². The number of rotatable bonds is 3. The number of hydrogen-bond donors (Lipinski definition) is 0. The van der Waals surface area contributed by atoms with E-state index in [-0.39, 0.29) is 0 Å². The zero-order valence-corrected chi connectivity index (χ0v) is 10.8. The first-order chi connectivity index (χ1) is 7.09. The van der Waals surface area contributed by atoms with E-state index in [1.165, 1.54) is 5.56 Å². The zero-order chi connectivity index (χ0) is 11.3. The molecule has 78 valence electrons. The Hall–Kier alpha value is -1.04. The number of benzene rings is 1. The van der Waals surface area contributed by atoms with E-state index in [1.54, 1.807) is 0 Å². The van der Waals surface area contributed by atoms with Gasteiger partial charge in [-0.3, -0.25) is 0 Å². The minimum Gasteiger partial charge on any atom is -0.121 e. The fourth-order valence-corrected chi connectivity index (χ4v) is 1.43. The van der Waals surface area contributed by atoms with E-state index in [4.69, 9.17) is 0 Å². The number of halogens is 1. The summed E-state index contributed by atoms with van der Waals surface area (Å²) < 4.78 is 1.10. The highest BCUT2D eigenvalue weighted by Crippen LogP contribution is 2.16. The van der Waals surface area contributed by atoms with Crippen molar-refractivity contribution in [2.24, 2.45) is 0 Å². The fraction of sp³-hybridized carbons (Fsp3) is 0.214. The summed E-state index contributed by atoms with van der Waals surface area (Å²) in [5.74, 6) is 0. The lowest BCUT2D eigenvalue weighted by Gasteiger charge is -1.98. The number of hydrogen-bond acceptors (Lipinski definition) is 0. The van der Waals surface area contributed by atoms with Gasteiger partial charge in [-0.05, 0) is 49.6 Å². The smallest absolute Gasteiger partial charge is 0.0175 e. The van der Waals surface area contributed by atoms with E-state index in [9.17, 15) is 0 Å². The maximum atomic E-state index is 3.85. The van der Waals surface area contributed by atoms with Crippen molar-refractivity contribution < 1.29 is 0 Å². The Kier molecular flexibility index (Phi) is 4.61. The topological polar surface area (TPSA) is 0 Å². The van der Waals surface area contributed by atoms with Crippen molar-refractivity contribution in [3.8, 4) is 0 Å². The predicted octanol–water partition coefficient (Wildman–Crippen LogP) is 4.97. The Morgan fingerprint density at radius 1 is 1.33 bits per heavy atom. The molecule has 1 aromatic carbocycles. The molecule has 0 unspecified atom stereocenters. The van der Waals surface area contributed by atoms with Crippen molar-refractivity contribution in [2.75, 3.05) is 0 Å². The third-order valence-corrected chi connectivity index (χ3v) is 2.57. The molecule has 0 aromatic heterocycles. The monoisotopic (exact) mass is 262 g/mol. The molecule has 1 heteroatoms. The van der Waals surface area contributed by atoms with E-state index in [0.717, 1.165) is 22.0 Å². The molecular formula is C14H15Br.